The van der Waals surface area contributed by atoms with Crippen LogP contribution in [-0.2, 0) is 0 Å². The Morgan fingerprint density at radius 2 is 2.33 bits per heavy atom. The minimum Gasteiger partial charge on any atom is -0.431 e. The van der Waals surface area contributed by atoms with E-state index in [1.54, 1.807) is 0 Å². The predicted octanol–water partition coefficient (Wildman–Crippen LogP) is 3.15. The zero-order chi connectivity index (χ0) is 8.55. The van der Waals surface area contributed by atoms with Crippen LogP contribution < -0.4 is 0 Å². The van der Waals surface area contributed by atoms with E-state index in [0.717, 1.165) is 19.9 Å². The van der Waals surface area contributed by atoms with Gasteiger partial charge in [0.1, 0.15) is 5.52 Å². The van der Waals surface area contributed by atoms with Crippen molar-refractivity contribution >= 4 is 45.5 Å². The standard InChI is InChI=1S/C8H6INOS/c1-12-8-10-7-5(9)3-2-4-6(7)11-8/h2-4H,1H3. The van der Waals surface area contributed by atoms with Gasteiger partial charge in [-0.2, -0.15) is 0 Å². The first-order valence-electron chi connectivity index (χ1n) is 3.40. The second kappa shape index (κ2) is 3.26. The minimum absolute atomic E-state index is 0.731. The lowest BCUT2D eigenvalue weighted by Crippen LogP contribution is -1.73. The lowest BCUT2D eigenvalue weighted by Gasteiger charge is -1.86. The molecule has 62 valence electrons. The van der Waals surface area contributed by atoms with Gasteiger partial charge in [-0.05, 0) is 41.0 Å². The molecule has 2 nitrogen and oxygen atoms in total. The minimum atomic E-state index is 0.731. The van der Waals surface area contributed by atoms with Crippen LogP contribution in [0, 0.1) is 3.57 Å². The fourth-order valence-electron chi connectivity index (χ4n) is 0.982. The average Bonchev–Trinajstić information content (AvgIpc) is 2.49. The summed E-state index contributed by atoms with van der Waals surface area (Å²) in [6.07, 6.45) is 1.96. The average molecular weight is 291 g/mol. The molecule has 0 radical (unpaired) electrons. The van der Waals surface area contributed by atoms with E-state index in [2.05, 4.69) is 27.6 Å². The Morgan fingerprint density at radius 3 is 3.00 bits per heavy atom. The molecule has 1 aromatic heterocycles. The van der Waals surface area contributed by atoms with Crippen molar-refractivity contribution in [2.45, 2.75) is 5.22 Å². The molecule has 0 unspecified atom stereocenters. The first kappa shape index (κ1) is 8.37. The summed E-state index contributed by atoms with van der Waals surface area (Å²) < 4.78 is 6.58. The van der Waals surface area contributed by atoms with Gasteiger partial charge in [0.15, 0.2) is 5.58 Å². The zero-order valence-corrected chi connectivity index (χ0v) is 9.35. The number of nitrogens with zero attached hydrogens (tertiary/aromatic N) is 1. The lowest BCUT2D eigenvalue weighted by atomic mass is 10.3. The Labute approximate surface area is 87.9 Å². The molecule has 1 aromatic carbocycles. The van der Waals surface area contributed by atoms with Crippen LogP contribution in [0.15, 0.2) is 27.8 Å². The molecular weight excluding hydrogens is 285 g/mol. The van der Waals surface area contributed by atoms with Gasteiger partial charge in [-0.1, -0.05) is 17.8 Å². The maximum Gasteiger partial charge on any atom is 0.256 e. The number of aromatic nitrogens is 1. The number of hydrogen-bond acceptors (Lipinski definition) is 3. The third kappa shape index (κ3) is 1.33. The zero-order valence-electron chi connectivity index (χ0n) is 6.37. The Hall–Kier alpha value is -0.230. The van der Waals surface area contributed by atoms with Crippen LogP contribution in [0.2, 0.25) is 0 Å². The summed E-state index contributed by atoms with van der Waals surface area (Å²) in [5.41, 5.74) is 1.83. The van der Waals surface area contributed by atoms with Crippen LogP contribution >= 0.6 is 34.4 Å². The molecule has 0 amide bonds. The molecule has 0 N–H and O–H groups in total. The third-order valence-electron chi connectivity index (χ3n) is 1.52. The van der Waals surface area contributed by atoms with E-state index < -0.39 is 0 Å². The van der Waals surface area contributed by atoms with Crippen molar-refractivity contribution in [1.29, 1.82) is 0 Å². The molecule has 0 saturated carbocycles. The van der Waals surface area contributed by atoms with E-state index in [1.807, 2.05) is 24.5 Å². The van der Waals surface area contributed by atoms with Gasteiger partial charge in [0, 0.05) is 3.57 Å². The van der Waals surface area contributed by atoms with Crippen molar-refractivity contribution in [3.63, 3.8) is 0 Å². The molecule has 0 aliphatic carbocycles. The van der Waals surface area contributed by atoms with Crippen molar-refractivity contribution in [2.75, 3.05) is 6.26 Å². The van der Waals surface area contributed by atoms with Crippen LogP contribution in [0.5, 0.6) is 0 Å². The van der Waals surface area contributed by atoms with E-state index in [0.29, 0.717) is 0 Å². The highest BCUT2D eigenvalue weighted by atomic mass is 127. The smallest absolute Gasteiger partial charge is 0.256 e. The number of halogens is 1. The molecule has 0 spiro atoms. The highest BCUT2D eigenvalue weighted by molar-refractivity contribution is 14.1. The Kier molecular flexibility index (Phi) is 2.27. The number of rotatable bonds is 1. The Bertz CT molecular complexity index is 412. The topological polar surface area (TPSA) is 26.0 Å². The number of benzene rings is 1. The van der Waals surface area contributed by atoms with E-state index >= 15 is 0 Å². The van der Waals surface area contributed by atoms with Crippen LogP contribution in [0.25, 0.3) is 11.1 Å². The number of para-hydroxylation sites is 1. The van der Waals surface area contributed by atoms with Crippen molar-refractivity contribution in [2.24, 2.45) is 0 Å². The van der Waals surface area contributed by atoms with E-state index in [1.165, 1.54) is 11.8 Å². The van der Waals surface area contributed by atoms with Gasteiger partial charge in [0.05, 0.1) is 0 Å². The summed E-state index contributed by atoms with van der Waals surface area (Å²) in [6.45, 7) is 0. The fourth-order valence-corrected chi connectivity index (χ4v) is 1.93. The third-order valence-corrected chi connectivity index (χ3v) is 2.92. The van der Waals surface area contributed by atoms with Gasteiger partial charge in [-0.3, -0.25) is 0 Å². The normalized spacial score (nSPS) is 10.8. The summed E-state index contributed by atoms with van der Waals surface area (Å²) in [6, 6.07) is 5.93. The monoisotopic (exact) mass is 291 g/mol. The first-order valence-corrected chi connectivity index (χ1v) is 5.70. The number of thioether (sulfide) groups is 1. The van der Waals surface area contributed by atoms with Crippen molar-refractivity contribution < 1.29 is 4.42 Å². The lowest BCUT2D eigenvalue weighted by molar-refractivity contribution is 0.490. The summed E-state index contributed by atoms with van der Waals surface area (Å²) in [5, 5.41) is 0.731. The predicted molar refractivity (Wildman–Crippen MR) is 58.5 cm³/mol. The van der Waals surface area contributed by atoms with Crippen LogP contribution in [0.4, 0.5) is 0 Å². The van der Waals surface area contributed by atoms with Gasteiger partial charge in [-0.25, -0.2) is 4.98 Å². The molecule has 0 fully saturated rings. The van der Waals surface area contributed by atoms with Crippen LogP contribution in [0.1, 0.15) is 0 Å². The van der Waals surface area contributed by atoms with E-state index in [9.17, 15) is 0 Å². The molecule has 2 rings (SSSR count). The largest absolute Gasteiger partial charge is 0.431 e. The van der Waals surface area contributed by atoms with Gasteiger partial charge in [0.25, 0.3) is 5.22 Å². The molecule has 0 atom stereocenters. The molecule has 4 heteroatoms. The van der Waals surface area contributed by atoms with Gasteiger partial charge in [-0.15, -0.1) is 0 Å². The molecule has 0 bridgehead atoms. The molecular formula is C8H6INOS. The Balaban J connectivity index is 2.74. The number of fused-ring (bicyclic) bond motifs is 1. The maximum atomic E-state index is 5.45. The molecule has 2 aromatic rings. The van der Waals surface area contributed by atoms with Crippen LogP contribution in [0.3, 0.4) is 0 Å². The SMILES string of the molecule is CSc1nc2c(I)cccc2o1. The summed E-state index contributed by atoms with van der Waals surface area (Å²) in [7, 11) is 0. The fraction of sp³-hybridized carbons (Fsp3) is 0.125. The molecule has 0 aliphatic heterocycles. The Morgan fingerprint density at radius 1 is 1.50 bits per heavy atom. The van der Waals surface area contributed by atoms with Gasteiger partial charge < -0.3 is 4.42 Å². The molecule has 1 heterocycles. The highest BCUT2D eigenvalue weighted by Crippen LogP contribution is 2.24. The molecule has 0 aliphatic rings. The highest BCUT2D eigenvalue weighted by Gasteiger charge is 2.05. The second-order valence-electron chi connectivity index (χ2n) is 2.27. The second-order valence-corrected chi connectivity index (χ2v) is 4.19. The number of hydrogen-bond donors (Lipinski definition) is 0. The van der Waals surface area contributed by atoms with Gasteiger partial charge >= 0.3 is 0 Å². The van der Waals surface area contributed by atoms with Crippen molar-refractivity contribution in [3.05, 3.63) is 21.8 Å². The van der Waals surface area contributed by atoms with Crippen molar-refractivity contribution in [3.8, 4) is 0 Å². The first-order chi connectivity index (χ1) is 5.81. The van der Waals surface area contributed by atoms with Crippen LogP contribution in [-0.4, -0.2) is 11.2 Å². The molecule has 0 saturated heterocycles. The van der Waals surface area contributed by atoms with E-state index in [4.69, 9.17) is 4.42 Å². The number of oxazole rings is 1. The summed E-state index contributed by atoms with van der Waals surface area (Å²) >= 11 is 3.78. The van der Waals surface area contributed by atoms with Crippen molar-refractivity contribution in [1.82, 2.24) is 4.98 Å². The van der Waals surface area contributed by atoms with Gasteiger partial charge in [0.2, 0.25) is 0 Å². The summed E-state index contributed by atoms with van der Waals surface area (Å²) in [5.74, 6) is 0. The van der Waals surface area contributed by atoms with E-state index in [-0.39, 0.29) is 0 Å². The summed E-state index contributed by atoms with van der Waals surface area (Å²) in [4.78, 5) is 4.32. The maximum absolute atomic E-state index is 5.45. The molecule has 12 heavy (non-hydrogen) atoms. The quantitative estimate of drug-likeness (QED) is 0.596.